The van der Waals surface area contributed by atoms with Crippen LogP contribution in [-0.4, -0.2) is 17.3 Å². The van der Waals surface area contributed by atoms with Gasteiger partial charge in [-0.3, -0.25) is 0 Å². The summed E-state index contributed by atoms with van der Waals surface area (Å²) in [7, 11) is 0. The van der Waals surface area contributed by atoms with E-state index in [1.54, 1.807) is 0 Å². The average Bonchev–Trinajstić information content (AvgIpc) is 2.20. The van der Waals surface area contributed by atoms with E-state index in [9.17, 15) is 5.11 Å². The first-order valence-electron chi connectivity index (χ1n) is 5.87. The summed E-state index contributed by atoms with van der Waals surface area (Å²) in [6.07, 6.45) is 4.14. The maximum atomic E-state index is 9.89. The average molecular weight is 284 g/mol. The Bertz CT molecular complexity index is 347. The van der Waals surface area contributed by atoms with Gasteiger partial charge in [-0.1, -0.05) is 28.8 Å². The Morgan fingerprint density at radius 1 is 1.25 bits per heavy atom. The number of rotatable bonds is 2. The fraction of sp³-hybridized carbons (Fsp3) is 0.538. The number of hydrogen-bond donors (Lipinski definition) is 2. The highest BCUT2D eigenvalue weighted by Crippen LogP contribution is 2.25. The van der Waals surface area contributed by atoms with E-state index in [1.807, 2.05) is 0 Å². The number of aliphatic hydroxyl groups excluding tert-OH is 1. The molecule has 2 N–H and O–H groups in total. The lowest BCUT2D eigenvalue weighted by molar-refractivity contribution is 0.116. The normalized spacial score (nSPS) is 25.4. The minimum absolute atomic E-state index is 0.201. The summed E-state index contributed by atoms with van der Waals surface area (Å²) < 4.78 is 1.08. The Labute approximate surface area is 105 Å². The molecular weight excluding hydrogens is 266 g/mol. The molecule has 0 unspecified atom stereocenters. The molecule has 0 heterocycles. The van der Waals surface area contributed by atoms with Crippen LogP contribution in [0.3, 0.4) is 0 Å². The van der Waals surface area contributed by atoms with Crippen molar-refractivity contribution in [2.75, 3.05) is 5.32 Å². The van der Waals surface area contributed by atoms with E-state index >= 15 is 0 Å². The molecule has 2 rings (SSSR count). The van der Waals surface area contributed by atoms with Gasteiger partial charge in [-0.15, -0.1) is 0 Å². The van der Waals surface area contributed by atoms with Gasteiger partial charge in [0.15, 0.2) is 0 Å². The zero-order valence-electron chi connectivity index (χ0n) is 9.54. The second-order valence-corrected chi connectivity index (χ2v) is 5.54. The molecule has 1 aromatic carbocycles. The summed E-state index contributed by atoms with van der Waals surface area (Å²) in [6, 6.07) is 6.48. The highest BCUT2D eigenvalue weighted by atomic mass is 79.9. The predicted octanol–water partition coefficient (Wildman–Crippen LogP) is 3.47. The monoisotopic (exact) mass is 283 g/mol. The third-order valence-corrected chi connectivity index (χ3v) is 3.58. The largest absolute Gasteiger partial charge is 0.391 e. The van der Waals surface area contributed by atoms with Crippen LogP contribution in [0.1, 0.15) is 31.2 Å². The van der Waals surface area contributed by atoms with Gasteiger partial charge in [-0.25, -0.2) is 0 Å². The van der Waals surface area contributed by atoms with E-state index in [0.29, 0.717) is 0 Å². The van der Waals surface area contributed by atoms with E-state index in [-0.39, 0.29) is 12.1 Å². The minimum atomic E-state index is -0.201. The molecule has 2 atom stereocenters. The molecule has 0 aromatic heterocycles. The van der Waals surface area contributed by atoms with Gasteiger partial charge in [0, 0.05) is 10.2 Å². The molecule has 88 valence electrons. The summed E-state index contributed by atoms with van der Waals surface area (Å²) in [5.74, 6) is 0. The van der Waals surface area contributed by atoms with Crippen molar-refractivity contribution in [2.45, 2.75) is 44.8 Å². The van der Waals surface area contributed by atoms with Gasteiger partial charge < -0.3 is 10.4 Å². The summed E-state index contributed by atoms with van der Waals surface area (Å²) in [5.41, 5.74) is 2.32. The molecule has 0 spiro atoms. The first-order valence-corrected chi connectivity index (χ1v) is 6.66. The lowest BCUT2D eigenvalue weighted by Gasteiger charge is -2.29. The van der Waals surface area contributed by atoms with Crippen LogP contribution in [0.2, 0.25) is 0 Å². The molecular formula is C13H18BrNO. The fourth-order valence-corrected chi connectivity index (χ4v) is 2.92. The Balaban J connectivity index is 2.07. The van der Waals surface area contributed by atoms with Crippen molar-refractivity contribution in [1.29, 1.82) is 0 Å². The molecule has 0 radical (unpaired) electrons. The van der Waals surface area contributed by atoms with Crippen LogP contribution in [0, 0.1) is 6.92 Å². The molecule has 1 aromatic rings. The third-order valence-electron chi connectivity index (χ3n) is 3.12. The van der Waals surface area contributed by atoms with Gasteiger partial charge in [0.2, 0.25) is 0 Å². The number of aryl methyl sites for hydroxylation is 1. The number of hydrogen-bond acceptors (Lipinski definition) is 2. The molecule has 0 saturated heterocycles. The smallest absolute Gasteiger partial charge is 0.0741 e. The van der Waals surface area contributed by atoms with E-state index in [4.69, 9.17) is 0 Å². The molecule has 0 amide bonds. The Hall–Kier alpha value is -0.540. The lowest BCUT2D eigenvalue weighted by atomic mass is 9.92. The van der Waals surface area contributed by atoms with Crippen molar-refractivity contribution in [2.24, 2.45) is 0 Å². The number of halogens is 1. The quantitative estimate of drug-likeness (QED) is 0.871. The molecule has 0 bridgehead atoms. The maximum absolute atomic E-state index is 9.89. The summed E-state index contributed by atoms with van der Waals surface area (Å²) in [4.78, 5) is 0. The summed E-state index contributed by atoms with van der Waals surface area (Å²) in [6.45, 7) is 2.08. The summed E-state index contributed by atoms with van der Waals surface area (Å²) >= 11 is 3.49. The summed E-state index contributed by atoms with van der Waals surface area (Å²) in [5, 5.41) is 13.3. The van der Waals surface area contributed by atoms with Crippen LogP contribution in [-0.2, 0) is 0 Å². The molecule has 0 aliphatic heterocycles. The minimum Gasteiger partial charge on any atom is -0.391 e. The van der Waals surface area contributed by atoms with Crippen LogP contribution in [0.5, 0.6) is 0 Å². The van der Waals surface area contributed by atoms with Crippen molar-refractivity contribution in [3.8, 4) is 0 Å². The molecule has 2 nitrogen and oxygen atoms in total. The van der Waals surface area contributed by atoms with Gasteiger partial charge in [-0.2, -0.15) is 0 Å². The Morgan fingerprint density at radius 3 is 2.69 bits per heavy atom. The highest BCUT2D eigenvalue weighted by molar-refractivity contribution is 9.10. The van der Waals surface area contributed by atoms with Gasteiger partial charge in [-0.05, 0) is 43.5 Å². The van der Waals surface area contributed by atoms with Crippen LogP contribution >= 0.6 is 15.9 Å². The van der Waals surface area contributed by atoms with Gasteiger partial charge in [0.25, 0.3) is 0 Å². The lowest BCUT2D eigenvalue weighted by Crippen LogP contribution is -2.36. The topological polar surface area (TPSA) is 32.3 Å². The Kier molecular flexibility index (Phi) is 3.87. The maximum Gasteiger partial charge on any atom is 0.0741 e. The van der Waals surface area contributed by atoms with Crippen molar-refractivity contribution in [3.05, 3.63) is 28.2 Å². The molecule has 16 heavy (non-hydrogen) atoms. The number of nitrogens with one attached hydrogen (secondary N) is 1. The van der Waals surface area contributed by atoms with Crippen molar-refractivity contribution in [1.82, 2.24) is 0 Å². The standard InChI is InChI=1S/C13H18BrNO/c1-9-6-10(14)8-11(7-9)15-12-4-2-3-5-13(12)16/h6-8,12-13,15-16H,2-5H2,1H3/t12-,13-/m0/s1. The van der Waals surface area contributed by atoms with Gasteiger partial charge in [0.1, 0.15) is 0 Å². The molecule has 1 fully saturated rings. The first-order chi connectivity index (χ1) is 7.65. The first kappa shape index (κ1) is 11.9. The molecule has 3 heteroatoms. The molecule has 1 aliphatic carbocycles. The van der Waals surface area contributed by atoms with E-state index in [1.165, 1.54) is 12.0 Å². The molecule has 1 saturated carbocycles. The third kappa shape index (κ3) is 2.98. The van der Waals surface area contributed by atoms with Gasteiger partial charge in [0.05, 0.1) is 12.1 Å². The highest BCUT2D eigenvalue weighted by Gasteiger charge is 2.22. The van der Waals surface area contributed by atoms with Crippen LogP contribution in [0.15, 0.2) is 22.7 Å². The van der Waals surface area contributed by atoms with Gasteiger partial charge >= 0.3 is 0 Å². The molecule has 1 aliphatic rings. The second kappa shape index (κ2) is 5.19. The SMILES string of the molecule is Cc1cc(Br)cc(N[C@H]2CCCC[C@@H]2O)c1. The van der Waals surface area contributed by atoms with E-state index in [2.05, 4.69) is 46.4 Å². The number of anilines is 1. The number of benzene rings is 1. The van der Waals surface area contributed by atoms with E-state index in [0.717, 1.165) is 29.4 Å². The predicted molar refractivity (Wildman–Crippen MR) is 70.8 cm³/mol. The van der Waals surface area contributed by atoms with Crippen LogP contribution < -0.4 is 5.32 Å². The van der Waals surface area contributed by atoms with Crippen molar-refractivity contribution >= 4 is 21.6 Å². The second-order valence-electron chi connectivity index (χ2n) is 4.62. The van der Waals surface area contributed by atoms with Crippen LogP contribution in [0.4, 0.5) is 5.69 Å². The van der Waals surface area contributed by atoms with Crippen molar-refractivity contribution < 1.29 is 5.11 Å². The van der Waals surface area contributed by atoms with E-state index < -0.39 is 0 Å². The zero-order chi connectivity index (χ0) is 11.5. The number of aliphatic hydroxyl groups is 1. The fourth-order valence-electron chi connectivity index (χ4n) is 2.31. The zero-order valence-corrected chi connectivity index (χ0v) is 11.1. The van der Waals surface area contributed by atoms with Crippen LogP contribution in [0.25, 0.3) is 0 Å². The van der Waals surface area contributed by atoms with Crippen molar-refractivity contribution in [3.63, 3.8) is 0 Å². The Morgan fingerprint density at radius 2 is 2.00 bits per heavy atom.